The highest BCUT2D eigenvalue weighted by Crippen LogP contribution is 2.22. The molecule has 96 valence electrons. The first-order valence-electron chi connectivity index (χ1n) is 5.51. The van der Waals surface area contributed by atoms with E-state index in [-0.39, 0.29) is 6.04 Å². The van der Waals surface area contributed by atoms with Crippen LogP contribution in [0.15, 0.2) is 36.4 Å². The molecule has 18 heavy (non-hydrogen) atoms. The van der Waals surface area contributed by atoms with Crippen molar-refractivity contribution >= 4 is 34.5 Å². The molecule has 2 aromatic rings. The van der Waals surface area contributed by atoms with Crippen molar-refractivity contribution in [3.63, 3.8) is 0 Å². The number of benzene rings is 1. The number of rotatable bonds is 5. The number of nitrogens with two attached hydrogens (primary N) is 1. The van der Waals surface area contributed by atoms with Gasteiger partial charge in [0.2, 0.25) is 0 Å². The van der Waals surface area contributed by atoms with Gasteiger partial charge in [0.05, 0.1) is 4.34 Å². The molecule has 0 radical (unpaired) electrons. The summed E-state index contributed by atoms with van der Waals surface area (Å²) in [6, 6.07) is 11.1. The zero-order valence-electron chi connectivity index (χ0n) is 9.61. The van der Waals surface area contributed by atoms with Crippen molar-refractivity contribution in [3.05, 3.63) is 50.6 Å². The summed E-state index contributed by atoms with van der Waals surface area (Å²) < 4.78 is 6.38. The van der Waals surface area contributed by atoms with Gasteiger partial charge in [-0.1, -0.05) is 23.2 Å². The third-order valence-electron chi connectivity index (χ3n) is 2.37. The highest BCUT2D eigenvalue weighted by atomic mass is 35.5. The zero-order valence-corrected chi connectivity index (χ0v) is 11.9. The van der Waals surface area contributed by atoms with Gasteiger partial charge in [-0.05, 0) is 36.4 Å². The molecule has 1 aromatic carbocycles. The smallest absolute Gasteiger partial charge is 0.119 e. The quantitative estimate of drug-likeness (QED) is 0.906. The molecule has 0 fully saturated rings. The average molecular weight is 302 g/mol. The van der Waals surface area contributed by atoms with Gasteiger partial charge in [-0.15, -0.1) is 11.3 Å². The Kier molecular flexibility index (Phi) is 4.89. The first-order chi connectivity index (χ1) is 8.63. The Hall–Kier alpha value is -0.740. The second-order valence-corrected chi connectivity index (χ2v) is 6.17. The first-order valence-corrected chi connectivity index (χ1v) is 7.09. The Bertz CT molecular complexity index is 498. The minimum absolute atomic E-state index is 0.0459. The van der Waals surface area contributed by atoms with Crippen LogP contribution < -0.4 is 10.5 Å². The van der Waals surface area contributed by atoms with E-state index in [0.717, 1.165) is 16.5 Å². The molecule has 0 aliphatic heterocycles. The summed E-state index contributed by atoms with van der Waals surface area (Å²) in [6.45, 7) is 0.469. The van der Waals surface area contributed by atoms with E-state index < -0.39 is 0 Å². The lowest BCUT2D eigenvalue weighted by atomic mass is 10.2. The maximum Gasteiger partial charge on any atom is 0.119 e. The van der Waals surface area contributed by atoms with E-state index in [1.807, 2.05) is 24.3 Å². The minimum Gasteiger partial charge on any atom is -0.492 e. The van der Waals surface area contributed by atoms with Crippen molar-refractivity contribution in [2.45, 2.75) is 12.5 Å². The normalized spacial score (nSPS) is 12.4. The molecule has 2 rings (SSSR count). The van der Waals surface area contributed by atoms with E-state index in [9.17, 15) is 0 Å². The first kappa shape index (κ1) is 13.7. The standard InChI is InChI=1S/C13H13Cl2NOS/c14-9-1-3-11(4-2-9)17-8-10(16)7-12-5-6-13(15)18-12/h1-6,10H,7-8,16H2. The van der Waals surface area contributed by atoms with Crippen molar-refractivity contribution in [1.82, 2.24) is 0 Å². The van der Waals surface area contributed by atoms with Gasteiger partial charge < -0.3 is 10.5 Å². The topological polar surface area (TPSA) is 35.2 Å². The largest absolute Gasteiger partial charge is 0.492 e. The molecule has 0 amide bonds. The number of hydrogen-bond donors (Lipinski definition) is 1. The van der Waals surface area contributed by atoms with E-state index in [4.69, 9.17) is 33.7 Å². The van der Waals surface area contributed by atoms with Gasteiger partial charge in [0.15, 0.2) is 0 Å². The van der Waals surface area contributed by atoms with Gasteiger partial charge in [-0.3, -0.25) is 0 Å². The summed E-state index contributed by atoms with van der Waals surface area (Å²) in [6.07, 6.45) is 0.769. The van der Waals surface area contributed by atoms with E-state index in [1.54, 1.807) is 23.5 Å². The Morgan fingerprint density at radius 3 is 2.44 bits per heavy atom. The predicted octanol–water partition coefficient (Wildman–Crippen LogP) is 4.00. The molecule has 0 saturated carbocycles. The van der Waals surface area contributed by atoms with E-state index in [0.29, 0.717) is 11.6 Å². The maximum atomic E-state index is 6.01. The zero-order chi connectivity index (χ0) is 13.0. The summed E-state index contributed by atoms with van der Waals surface area (Å²) in [4.78, 5) is 1.17. The van der Waals surface area contributed by atoms with E-state index >= 15 is 0 Å². The lowest BCUT2D eigenvalue weighted by molar-refractivity contribution is 0.288. The van der Waals surface area contributed by atoms with Crippen molar-refractivity contribution in [1.29, 1.82) is 0 Å². The summed E-state index contributed by atoms with van der Waals surface area (Å²) in [5, 5.41) is 0.694. The van der Waals surface area contributed by atoms with Crippen LogP contribution in [0.5, 0.6) is 5.75 Å². The molecule has 1 aromatic heterocycles. The highest BCUT2D eigenvalue weighted by Gasteiger charge is 2.07. The minimum atomic E-state index is -0.0459. The van der Waals surface area contributed by atoms with Crippen LogP contribution in [-0.4, -0.2) is 12.6 Å². The molecular formula is C13H13Cl2NOS. The van der Waals surface area contributed by atoms with Crippen molar-refractivity contribution < 1.29 is 4.74 Å². The molecule has 1 unspecified atom stereocenters. The second-order valence-electron chi connectivity index (χ2n) is 3.93. The fraction of sp³-hybridized carbons (Fsp3) is 0.231. The van der Waals surface area contributed by atoms with Crippen molar-refractivity contribution in [2.24, 2.45) is 5.73 Å². The molecule has 0 aliphatic rings. The van der Waals surface area contributed by atoms with Gasteiger partial charge in [0, 0.05) is 22.4 Å². The van der Waals surface area contributed by atoms with Crippen LogP contribution in [0.3, 0.4) is 0 Å². The molecule has 1 atom stereocenters. The van der Waals surface area contributed by atoms with Crippen LogP contribution in [0.25, 0.3) is 0 Å². The van der Waals surface area contributed by atoms with E-state index in [2.05, 4.69) is 0 Å². The third kappa shape index (κ3) is 4.18. The lowest BCUT2D eigenvalue weighted by Gasteiger charge is -2.12. The summed E-state index contributed by atoms with van der Waals surface area (Å²) in [7, 11) is 0. The Morgan fingerprint density at radius 2 is 1.83 bits per heavy atom. The Balaban J connectivity index is 1.81. The number of thiophene rings is 1. The molecule has 0 aliphatic carbocycles. The second kappa shape index (κ2) is 6.43. The Morgan fingerprint density at radius 1 is 1.11 bits per heavy atom. The molecule has 5 heteroatoms. The maximum absolute atomic E-state index is 6.01. The number of ether oxygens (including phenoxy) is 1. The van der Waals surface area contributed by atoms with Crippen LogP contribution in [-0.2, 0) is 6.42 Å². The monoisotopic (exact) mass is 301 g/mol. The van der Waals surface area contributed by atoms with Gasteiger partial charge in [-0.2, -0.15) is 0 Å². The van der Waals surface area contributed by atoms with Crippen molar-refractivity contribution in [2.75, 3.05) is 6.61 Å². The van der Waals surface area contributed by atoms with Crippen LogP contribution in [0, 0.1) is 0 Å². The van der Waals surface area contributed by atoms with Gasteiger partial charge in [0.1, 0.15) is 12.4 Å². The van der Waals surface area contributed by atoms with Crippen LogP contribution in [0.1, 0.15) is 4.88 Å². The fourth-order valence-electron chi connectivity index (χ4n) is 1.51. The van der Waals surface area contributed by atoms with Crippen LogP contribution in [0.2, 0.25) is 9.36 Å². The molecule has 0 saturated heterocycles. The number of hydrogen-bond acceptors (Lipinski definition) is 3. The van der Waals surface area contributed by atoms with E-state index in [1.165, 1.54) is 4.88 Å². The van der Waals surface area contributed by atoms with Gasteiger partial charge in [-0.25, -0.2) is 0 Å². The van der Waals surface area contributed by atoms with Crippen LogP contribution in [0.4, 0.5) is 0 Å². The predicted molar refractivity (Wildman–Crippen MR) is 78.0 cm³/mol. The summed E-state index contributed by atoms with van der Waals surface area (Å²) in [5.41, 5.74) is 6.01. The number of halogens is 2. The fourth-order valence-corrected chi connectivity index (χ4v) is 2.82. The highest BCUT2D eigenvalue weighted by molar-refractivity contribution is 7.16. The average Bonchev–Trinajstić information content (AvgIpc) is 2.74. The Labute approximate surface area is 120 Å². The van der Waals surface area contributed by atoms with Crippen molar-refractivity contribution in [3.8, 4) is 5.75 Å². The van der Waals surface area contributed by atoms with Gasteiger partial charge >= 0.3 is 0 Å². The third-order valence-corrected chi connectivity index (χ3v) is 3.88. The van der Waals surface area contributed by atoms with Gasteiger partial charge in [0.25, 0.3) is 0 Å². The molecule has 0 spiro atoms. The molecule has 2 N–H and O–H groups in total. The summed E-state index contributed by atoms with van der Waals surface area (Å²) in [5.74, 6) is 0.777. The van der Waals surface area contributed by atoms with Crippen LogP contribution >= 0.6 is 34.5 Å². The lowest BCUT2D eigenvalue weighted by Crippen LogP contribution is -2.29. The molecular weight excluding hydrogens is 289 g/mol. The SMILES string of the molecule is NC(COc1ccc(Cl)cc1)Cc1ccc(Cl)s1. The molecule has 2 nitrogen and oxygen atoms in total. The molecule has 0 bridgehead atoms. The summed E-state index contributed by atoms with van der Waals surface area (Å²) >= 11 is 13.2. The molecule has 1 heterocycles.